The third-order valence-corrected chi connectivity index (χ3v) is 5.19. The van der Waals surface area contributed by atoms with E-state index in [2.05, 4.69) is 20.6 Å². The van der Waals surface area contributed by atoms with E-state index < -0.39 is 0 Å². The number of aryl methyl sites for hydroxylation is 1. The van der Waals surface area contributed by atoms with Crippen LogP contribution in [0.2, 0.25) is 0 Å². The Labute approximate surface area is 172 Å². The first-order chi connectivity index (χ1) is 14.1. The minimum atomic E-state index is -0.144. The van der Waals surface area contributed by atoms with E-state index in [0.29, 0.717) is 22.2 Å². The van der Waals surface area contributed by atoms with E-state index in [4.69, 9.17) is 4.74 Å². The van der Waals surface area contributed by atoms with E-state index in [0.717, 1.165) is 11.3 Å². The molecule has 0 fully saturated rings. The first kappa shape index (κ1) is 18.9. The predicted molar refractivity (Wildman–Crippen MR) is 113 cm³/mol. The average molecular weight is 405 g/mol. The maximum Gasteiger partial charge on any atom is 0.234 e. The number of benzene rings is 2. The highest BCUT2D eigenvalue weighted by Gasteiger charge is 2.12. The van der Waals surface area contributed by atoms with E-state index in [1.807, 2.05) is 61.5 Å². The number of carbonyl (C=O) groups excluding carboxylic acids is 1. The van der Waals surface area contributed by atoms with Crippen molar-refractivity contribution in [3.8, 4) is 17.0 Å². The highest BCUT2D eigenvalue weighted by molar-refractivity contribution is 7.99. The smallest absolute Gasteiger partial charge is 0.234 e. The van der Waals surface area contributed by atoms with Crippen molar-refractivity contribution in [2.75, 3.05) is 18.2 Å². The molecule has 2 heterocycles. The second kappa shape index (κ2) is 8.32. The lowest BCUT2D eigenvalue weighted by Crippen LogP contribution is -2.14. The molecule has 0 saturated carbocycles. The maximum atomic E-state index is 12.3. The van der Waals surface area contributed by atoms with Crippen molar-refractivity contribution >= 4 is 29.0 Å². The molecule has 2 aromatic heterocycles. The van der Waals surface area contributed by atoms with Gasteiger partial charge in [-0.15, -0.1) is 10.2 Å². The number of amides is 1. The summed E-state index contributed by atoms with van der Waals surface area (Å²) in [5.41, 5.74) is 4.34. The number of aromatic nitrogens is 4. The minimum Gasteiger partial charge on any atom is -0.497 e. The highest BCUT2D eigenvalue weighted by Crippen LogP contribution is 2.22. The third-order valence-electron chi connectivity index (χ3n) is 4.27. The van der Waals surface area contributed by atoms with Gasteiger partial charge >= 0.3 is 0 Å². The molecule has 0 spiro atoms. The van der Waals surface area contributed by atoms with Gasteiger partial charge in [0.2, 0.25) is 11.1 Å². The lowest BCUT2D eigenvalue weighted by molar-refractivity contribution is -0.113. The molecule has 4 aromatic rings. The fraction of sp³-hybridized carbons (Fsp3) is 0.143. The lowest BCUT2D eigenvalue weighted by Gasteiger charge is -2.06. The van der Waals surface area contributed by atoms with Crippen molar-refractivity contribution < 1.29 is 9.53 Å². The molecular weight excluding hydrogens is 386 g/mol. The van der Waals surface area contributed by atoms with Crippen LogP contribution in [0.4, 0.5) is 5.69 Å². The number of nitrogens with one attached hydrogen (secondary N) is 1. The molecule has 0 radical (unpaired) electrons. The van der Waals surface area contributed by atoms with Crippen LogP contribution < -0.4 is 10.1 Å². The second-order valence-corrected chi connectivity index (χ2v) is 7.35. The zero-order chi connectivity index (χ0) is 20.2. The van der Waals surface area contributed by atoms with Crippen LogP contribution in [0.1, 0.15) is 5.56 Å². The molecule has 1 N–H and O–H groups in total. The summed E-state index contributed by atoms with van der Waals surface area (Å²) in [6.07, 6.45) is 0. The quantitative estimate of drug-likeness (QED) is 0.491. The van der Waals surface area contributed by atoms with Gasteiger partial charge in [0.1, 0.15) is 5.75 Å². The van der Waals surface area contributed by atoms with Gasteiger partial charge in [0, 0.05) is 17.3 Å². The number of nitrogens with zero attached hydrogens (tertiary/aromatic N) is 4. The number of fused-ring (bicyclic) bond motifs is 1. The fourth-order valence-corrected chi connectivity index (χ4v) is 3.45. The van der Waals surface area contributed by atoms with Gasteiger partial charge in [0.05, 0.1) is 18.6 Å². The summed E-state index contributed by atoms with van der Waals surface area (Å²) in [6, 6.07) is 19.2. The van der Waals surface area contributed by atoms with Gasteiger partial charge in [0.15, 0.2) is 5.65 Å². The molecule has 2 aromatic carbocycles. The van der Waals surface area contributed by atoms with E-state index in [1.165, 1.54) is 17.3 Å². The number of thioether (sulfide) groups is 1. The molecule has 1 amide bonds. The summed E-state index contributed by atoms with van der Waals surface area (Å²) >= 11 is 1.28. The van der Waals surface area contributed by atoms with Crippen LogP contribution in [-0.2, 0) is 4.79 Å². The molecule has 0 aliphatic heterocycles. The standard InChI is InChI=1S/C21H19N5O2S/c1-14-6-8-15(9-7-14)18-10-11-19-23-24-21(26(19)25-18)29-13-20(27)22-16-4-3-5-17(12-16)28-2/h3-12H,13H2,1-2H3,(H,22,27). The van der Waals surface area contributed by atoms with Crippen LogP contribution >= 0.6 is 11.8 Å². The molecule has 0 bridgehead atoms. The number of methoxy groups -OCH3 is 1. The molecule has 0 aliphatic rings. The van der Waals surface area contributed by atoms with E-state index >= 15 is 0 Å². The normalized spacial score (nSPS) is 10.8. The van der Waals surface area contributed by atoms with Crippen LogP contribution in [0.3, 0.4) is 0 Å². The van der Waals surface area contributed by atoms with Crippen molar-refractivity contribution in [3.05, 3.63) is 66.2 Å². The molecular formula is C21H19N5O2S. The van der Waals surface area contributed by atoms with Crippen molar-refractivity contribution in [2.24, 2.45) is 0 Å². The van der Waals surface area contributed by atoms with Gasteiger partial charge in [-0.2, -0.15) is 9.61 Å². The Hall–Kier alpha value is -3.39. The molecule has 0 unspecified atom stereocenters. The number of rotatable bonds is 6. The average Bonchev–Trinajstić information content (AvgIpc) is 3.15. The van der Waals surface area contributed by atoms with Gasteiger partial charge < -0.3 is 10.1 Å². The van der Waals surface area contributed by atoms with Gasteiger partial charge in [0.25, 0.3) is 0 Å². The predicted octanol–water partition coefficient (Wildman–Crippen LogP) is 3.84. The van der Waals surface area contributed by atoms with Crippen LogP contribution in [0.25, 0.3) is 16.9 Å². The molecule has 0 atom stereocenters. The van der Waals surface area contributed by atoms with Crippen LogP contribution in [0.15, 0.2) is 65.8 Å². The van der Waals surface area contributed by atoms with Crippen molar-refractivity contribution in [1.82, 2.24) is 19.8 Å². The van der Waals surface area contributed by atoms with Gasteiger partial charge in [-0.25, -0.2) is 0 Å². The minimum absolute atomic E-state index is 0.144. The lowest BCUT2D eigenvalue weighted by atomic mass is 10.1. The molecule has 0 aliphatic carbocycles. The maximum absolute atomic E-state index is 12.3. The number of anilines is 1. The fourth-order valence-electron chi connectivity index (χ4n) is 2.77. The van der Waals surface area contributed by atoms with Gasteiger partial charge in [-0.05, 0) is 31.2 Å². The Balaban J connectivity index is 1.48. The topological polar surface area (TPSA) is 81.4 Å². The monoisotopic (exact) mass is 405 g/mol. The number of carbonyl (C=O) groups is 1. The zero-order valence-corrected chi connectivity index (χ0v) is 16.8. The summed E-state index contributed by atoms with van der Waals surface area (Å²) in [7, 11) is 1.59. The van der Waals surface area contributed by atoms with E-state index in [1.54, 1.807) is 17.7 Å². The van der Waals surface area contributed by atoms with E-state index in [-0.39, 0.29) is 11.7 Å². The zero-order valence-electron chi connectivity index (χ0n) is 16.0. The van der Waals surface area contributed by atoms with Crippen molar-refractivity contribution in [2.45, 2.75) is 12.1 Å². The first-order valence-corrected chi connectivity index (χ1v) is 9.97. The summed E-state index contributed by atoms with van der Waals surface area (Å²) in [5, 5.41) is 16.4. The summed E-state index contributed by atoms with van der Waals surface area (Å²) in [5.74, 6) is 0.732. The summed E-state index contributed by atoms with van der Waals surface area (Å²) in [6.45, 7) is 2.05. The molecule has 146 valence electrons. The Morgan fingerprint density at radius 2 is 1.93 bits per heavy atom. The molecule has 4 rings (SSSR count). The Morgan fingerprint density at radius 1 is 1.10 bits per heavy atom. The van der Waals surface area contributed by atoms with Crippen LogP contribution in [0, 0.1) is 6.92 Å². The summed E-state index contributed by atoms with van der Waals surface area (Å²) in [4.78, 5) is 12.3. The van der Waals surface area contributed by atoms with Gasteiger partial charge in [-0.3, -0.25) is 4.79 Å². The van der Waals surface area contributed by atoms with E-state index in [9.17, 15) is 4.79 Å². The van der Waals surface area contributed by atoms with Gasteiger partial charge in [-0.1, -0.05) is 47.7 Å². The van der Waals surface area contributed by atoms with Crippen LogP contribution in [0.5, 0.6) is 5.75 Å². The van der Waals surface area contributed by atoms with Crippen molar-refractivity contribution in [3.63, 3.8) is 0 Å². The molecule has 7 nitrogen and oxygen atoms in total. The van der Waals surface area contributed by atoms with Crippen molar-refractivity contribution in [1.29, 1.82) is 0 Å². The Kier molecular flexibility index (Phi) is 5.44. The Bertz CT molecular complexity index is 1160. The number of hydrogen-bond acceptors (Lipinski definition) is 6. The second-order valence-electron chi connectivity index (χ2n) is 6.41. The highest BCUT2D eigenvalue weighted by atomic mass is 32.2. The first-order valence-electron chi connectivity index (χ1n) is 8.98. The largest absolute Gasteiger partial charge is 0.497 e. The summed E-state index contributed by atoms with van der Waals surface area (Å²) < 4.78 is 6.84. The molecule has 29 heavy (non-hydrogen) atoms. The number of ether oxygens (including phenoxy) is 1. The molecule has 0 saturated heterocycles. The SMILES string of the molecule is COc1cccc(NC(=O)CSc2nnc3ccc(-c4ccc(C)cc4)nn23)c1. The third kappa shape index (κ3) is 4.38. The Morgan fingerprint density at radius 3 is 2.72 bits per heavy atom. The van der Waals surface area contributed by atoms with Crippen LogP contribution in [-0.4, -0.2) is 38.6 Å². The number of hydrogen-bond donors (Lipinski definition) is 1. The molecule has 8 heteroatoms.